The van der Waals surface area contributed by atoms with Crippen LogP contribution in [0.15, 0.2) is 18.2 Å². The zero-order chi connectivity index (χ0) is 20.2. The first-order valence-corrected chi connectivity index (χ1v) is 10.5. The molecule has 8 nitrogen and oxygen atoms in total. The number of fused-ring (bicyclic) bond motifs is 4. The number of likely N-dealkylation sites (tertiary alicyclic amines) is 1. The standard InChI is InChI=1S/C20H27N5O.CH2O2/c26-20(21-18-13-25-9-5-15(18)6-10-25)19-16-11-14(3-4-17(16)22-23-19)12-24-7-1-2-8-24;2-1-3/h3-4,11,15,18H,1-2,5-10,12-13H2,(H,21,26)(H,22,23);1H,(H,2,3)/t18-;/m1./s1. The van der Waals surface area contributed by atoms with Crippen molar-refractivity contribution in [3.8, 4) is 0 Å². The minimum atomic E-state index is -0.250. The number of rotatable bonds is 4. The lowest BCUT2D eigenvalue weighted by atomic mass is 9.84. The Bertz CT molecular complexity index is 853. The van der Waals surface area contributed by atoms with E-state index in [2.05, 4.69) is 43.5 Å². The molecule has 0 spiro atoms. The van der Waals surface area contributed by atoms with Gasteiger partial charge in [-0.15, -0.1) is 0 Å². The highest BCUT2D eigenvalue weighted by molar-refractivity contribution is 6.04. The second kappa shape index (κ2) is 8.92. The van der Waals surface area contributed by atoms with Crippen LogP contribution in [-0.4, -0.2) is 76.2 Å². The summed E-state index contributed by atoms with van der Waals surface area (Å²) in [6, 6.07) is 6.61. The summed E-state index contributed by atoms with van der Waals surface area (Å²) in [6.07, 6.45) is 4.99. The van der Waals surface area contributed by atoms with Gasteiger partial charge in [-0.05, 0) is 75.5 Å². The second-order valence-corrected chi connectivity index (χ2v) is 8.26. The molecule has 4 aliphatic heterocycles. The average Bonchev–Trinajstić information content (AvgIpc) is 3.39. The van der Waals surface area contributed by atoms with Gasteiger partial charge in [0.05, 0.1) is 5.52 Å². The molecule has 1 aromatic heterocycles. The molecule has 5 heterocycles. The topological polar surface area (TPSA) is 102 Å². The van der Waals surface area contributed by atoms with Crippen molar-refractivity contribution >= 4 is 23.3 Å². The summed E-state index contributed by atoms with van der Waals surface area (Å²) in [4.78, 5) is 26.2. The first-order chi connectivity index (χ1) is 14.2. The number of benzene rings is 1. The SMILES string of the molecule is O=C(N[C@@H]1CN2CCC1CC2)c1n[nH]c2ccc(CN3CCCC3)cc12.O=CO. The second-order valence-electron chi connectivity index (χ2n) is 8.26. The Morgan fingerprint density at radius 2 is 1.97 bits per heavy atom. The molecule has 1 aromatic carbocycles. The molecule has 2 aromatic rings. The number of aromatic amines is 1. The lowest BCUT2D eigenvalue weighted by Crippen LogP contribution is -2.57. The monoisotopic (exact) mass is 399 g/mol. The van der Waals surface area contributed by atoms with Gasteiger partial charge in [0.1, 0.15) is 0 Å². The number of carbonyl (C=O) groups excluding carboxylic acids is 1. The van der Waals surface area contributed by atoms with Crippen LogP contribution in [0.25, 0.3) is 10.9 Å². The van der Waals surface area contributed by atoms with Crippen LogP contribution < -0.4 is 5.32 Å². The molecule has 1 amide bonds. The molecule has 4 fully saturated rings. The van der Waals surface area contributed by atoms with E-state index >= 15 is 0 Å². The van der Waals surface area contributed by atoms with Crippen molar-refractivity contribution in [3.63, 3.8) is 0 Å². The predicted molar refractivity (Wildman–Crippen MR) is 110 cm³/mol. The molecule has 0 unspecified atom stereocenters. The first-order valence-electron chi connectivity index (χ1n) is 10.5. The maximum Gasteiger partial charge on any atom is 0.290 e. The smallest absolute Gasteiger partial charge is 0.290 e. The minimum Gasteiger partial charge on any atom is -0.483 e. The molecule has 3 N–H and O–H groups in total. The van der Waals surface area contributed by atoms with Crippen LogP contribution >= 0.6 is 0 Å². The Hall–Kier alpha value is -2.45. The highest BCUT2D eigenvalue weighted by atomic mass is 16.3. The maximum absolute atomic E-state index is 12.9. The summed E-state index contributed by atoms with van der Waals surface area (Å²) in [7, 11) is 0. The summed E-state index contributed by atoms with van der Waals surface area (Å²) < 4.78 is 0. The molecule has 156 valence electrons. The zero-order valence-electron chi connectivity index (χ0n) is 16.6. The van der Waals surface area contributed by atoms with Gasteiger partial charge in [0.2, 0.25) is 0 Å². The van der Waals surface area contributed by atoms with Crippen LogP contribution in [0, 0.1) is 5.92 Å². The van der Waals surface area contributed by atoms with Gasteiger partial charge in [-0.3, -0.25) is 19.6 Å². The molecule has 8 heteroatoms. The lowest BCUT2D eigenvalue weighted by molar-refractivity contribution is -0.122. The number of aromatic nitrogens is 2. The Labute approximate surface area is 170 Å². The van der Waals surface area contributed by atoms with E-state index in [9.17, 15) is 4.79 Å². The Kier molecular flexibility index (Phi) is 6.10. The molecule has 4 aliphatic rings. The maximum atomic E-state index is 12.9. The Morgan fingerprint density at radius 3 is 2.62 bits per heavy atom. The van der Waals surface area contributed by atoms with Gasteiger partial charge in [0.25, 0.3) is 12.4 Å². The van der Waals surface area contributed by atoms with Gasteiger partial charge in [-0.2, -0.15) is 5.10 Å². The molecular weight excluding hydrogens is 370 g/mol. The van der Waals surface area contributed by atoms with Crippen molar-refractivity contribution in [1.29, 1.82) is 0 Å². The molecule has 4 saturated heterocycles. The predicted octanol–water partition coefficient (Wildman–Crippen LogP) is 1.68. The quantitative estimate of drug-likeness (QED) is 0.676. The molecule has 29 heavy (non-hydrogen) atoms. The summed E-state index contributed by atoms with van der Waals surface area (Å²) in [6.45, 7) is 6.41. The number of carboxylic acid groups (broad SMARTS) is 1. The molecule has 0 radical (unpaired) electrons. The van der Waals surface area contributed by atoms with E-state index in [1.165, 1.54) is 57.4 Å². The molecule has 2 bridgehead atoms. The summed E-state index contributed by atoms with van der Waals surface area (Å²) >= 11 is 0. The van der Waals surface area contributed by atoms with Crippen molar-refractivity contribution in [3.05, 3.63) is 29.5 Å². The number of hydrogen-bond donors (Lipinski definition) is 3. The van der Waals surface area contributed by atoms with Crippen LogP contribution in [0.1, 0.15) is 41.7 Å². The van der Waals surface area contributed by atoms with Crippen molar-refractivity contribution < 1.29 is 14.7 Å². The fraction of sp³-hybridized carbons (Fsp3) is 0.571. The number of H-pyrrole nitrogens is 1. The number of nitrogens with one attached hydrogen (secondary N) is 2. The van der Waals surface area contributed by atoms with Gasteiger partial charge in [0, 0.05) is 24.5 Å². The van der Waals surface area contributed by atoms with E-state index in [1.807, 2.05) is 0 Å². The van der Waals surface area contributed by atoms with E-state index in [-0.39, 0.29) is 18.4 Å². The van der Waals surface area contributed by atoms with Gasteiger partial charge >= 0.3 is 0 Å². The van der Waals surface area contributed by atoms with Crippen LogP contribution in [0.4, 0.5) is 0 Å². The minimum absolute atomic E-state index is 0.0340. The summed E-state index contributed by atoms with van der Waals surface area (Å²) in [5.41, 5.74) is 2.74. The van der Waals surface area contributed by atoms with Crippen molar-refractivity contribution in [1.82, 2.24) is 25.3 Å². The van der Waals surface area contributed by atoms with E-state index in [0.29, 0.717) is 11.6 Å². The van der Waals surface area contributed by atoms with E-state index < -0.39 is 0 Å². The van der Waals surface area contributed by atoms with E-state index in [1.54, 1.807) is 0 Å². The van der Waals surface area contributed by atoms with Crippen molar-refractivity contribution in [2.24, 2.45) is 5.92 Å². The third-order valence-corrected chi connectivity index (χ3v) is 6.42. The van der Waals surface area contributed by atoms with Crippen LogP contribution in [0.2, 0.25) is 0 Å². The molecule has 1 atom stereocenters. The van der Waals surface area contributed by atoms with Crippen LogP contribution in [0.5, 0.6) is 0 Å². The van der Waals surface area contributed by atoms with Gasteiger partial charge in [-0.25, -0.2) is 0 Å². The number of hydrogen-bond acceptors (Lipinski definition) is 5. The third kappa shape index (κ3) is 4.43. The van der Waals surface area contributed by atoms with Crippen LogP contribution in [0.3, 0.4) is 0 Å². The first kappa shape index (κ1) is 19.8. The zero-order valence-corrected chi connectivity index (χ0v) is 16.6. The van der Waals surface area contributed by atoms with Gasteiger partial charge in [0.15, 0.2) is 5.69 Å². The Morgan fingerprint density at radius 1 is 1.24 bits per heavy atom. The Balaban J connectivity index is 0.000000645. The number of nitrogens with zero attached hydrogens (tertiary/aromatic N) is 3. The van der Waals surface area contributed by atoms with Crippen molar-refractivity contribution in [2.75, 3.05) is 32.7 Å². The largest absolute Gasteiger partial charge is 0.483 e. The normalized spacial score (nSPS) is 26.1. The number of carbonyl (C=O) groups is 2. The van der Waals surface area contributed by atoms with Gasteiger partial charge < -0.3 is 15.3 Å². The number of piperidine rings is 3. The highest BCUT2D eigenvalue weighted by Crippen LogP contribution is 2.28. The molecule has 0 saturated carbocycles. The molecule has 0 aliphatic carbocycles. The summed E-state index contributed by atoms with van der Waals surface area (Å²) in [5, 5.41) is 18.5. The van der Waals surface area contributed by atoms with Crippen molar-refractivity contribution in [2.45, 2.75) is 38.3 Å². The van der Waals surface area contributed by atoms with E-state index in [0.717, 1.165) is 24.0 Å². The van der Waals surface area contributed by atoms with E-state index in [4.69, 9.17) is 9.90 Å². The summed E-state index contributed by atoms with van der Waals surface area (Å²) in [5.74, 6) is 0.591. The fourth-order valence-electron chi connectivity index (χ4n) is 4.90. The lowest BCUT2D eigenvalue weighted by Gasteiger charge is -2.44. The third-order valence-electron chi connectivity index (χ3n) is 6.42. The fourth-order valence-corrected chi connectivity index (χ4v) is 4.90. The molecular formula is C21H29N5O3. The van der Waals surface area contributed by atoms with Gasteiger partial charge in [-0.1, -0.05) is 6.07 Å². The van der Waals surface area contributed by atoms with Crippen LogP contribution in [-0.2, 0) is 11.3 Å². The average molecular weight is 399 g/mol. The highest BCUT2D eigenvalue weighted by Gasteiger charge is 2.35. The molecule has 6 rings (SSSR count). The number of amides is 1.